The molecule has 24 heavy (non-hydrogen) atoms. The first-order chi connectivity index (χ1) is 11.2. The minimum atomic E-state index is -0.994. The number of carbonyl (C=O) groups is 2. The predicted octanol–water partition coefficient (Wildman–Crippen LogP) is 2.95. The van der Waals surface area contributed by atoms with Gasteiger partial charge in [-0.3, -0.25) is 4.90 Å². The lowest BCUT2D eigenvalue weighted by molar-refractivity contribution is -0.143. The van der Waals surface area contributed by atoms with Gasteiger partial charge in [-0.2, -0.15) is 0 Å². The fourth-order valence-corrected chi connectivity index (χ4v) is 3.03. The van der Waals surface area contributed by atoms with E-state index in [9.17, 15) is 14.7 Å². The Kier molecular flexibility index (Phi) is 5.36. The van der Waals surface area contributed by atoms with Crippen molar-refractivity contribution in [2.24, 2.45) is 5.92 Å². The quantitative estimate of drug-likeness (QED) is 0.915. The van der Waals surface area contributed by atoms with Crippen LogP contribution < -0.4 is 4.74 Å². The Labute approximate surface area is 142 Å². The van der Waals surface area contributed by atoms with Crippen LogP contribution in [0, 0.1) is 5.92 Å². The maximum atomic E-state index is 12.3. The molecule has 6 heteroatoms. The topological polar surface area (TPSA) is 76.1 Å². The monoisotopic (exact) mass is 335 g/mol. The SMILES string of the molecule is COc1cccc(C[C@@H]2CCN(C(=O)OC(C)(C)C)[C@H]2C(=O)O)c1. The zero-order valence-corrected chi connectivity index (χ0v) is 14.6. The molecule has 0 saturated carbocycles. The summed E-state index contributed by atoms with van der Waals surface area (Å²) in [6, 6.07) is 6.70. The highest BCUT2D eigenvalue weighted by molar-refractivity contribution is 5.81. The first kappa shape index (κ1) is 18.1. The molecule has 0 radical (unpaired) electrons. The van der Waals surface area contributed by atoms with E-state index in [-0.39, 0.29) is 5.92 Å². The van der Waals surface area contributed by atoms with Gasteiger partial charge in [0.25, 0.3) is 0 Å². The summed E-state index contributed by atoms with van der Waals surface area (Å²) in [6.45, 7) is 5.69. The maximum absolute atomic E-state index is 12.3. The van der Waals surface area contributed by atoms with Crippen molar-refractivity contribution in [3.63, 3.8) is 0 Å². The van der Waals surface area contributed by atoms with Crippen molar-refractivity contribution in [3.05, 3.63) is 29.8 Å². The molecule has 2 atom stereocenters. The Hall–Kier alpha value is -2.24. The van der Waals surface area contributed by atoms with Gasteiger partial charge in [0.1, 0.15) is 17.4 Å². The van der Waals surface area contributed by atoms with Crippen molar-refractivity contribution in [2.75, 3.05) is 13.7 Å². The average Bonchev–Trinajstić information content (AvgIpc) is 2.89. The Bertz CT molecular complexity index is 608. The van der Waals surface area contributed by atoms with Gasteiger partial charge >= 0.3 is 12.1 Å². The molecule has 1 aromatic rings. The number of nitrogens with zero attached hydrogens (tertiary/aromatic N) is 1. The summed E-state index contributed by atoms with van der Waals surface area (Å²) in [5.41, 5.74) is 0.349. The second-order valence-corrected chi connectivity index (χ2v) is 7.06. The van der Waals surface area contributed by atoms with Gasteiger partial charge in [0.15, 0.2) is 0 Å². The predicted molar refractivity (Wildman–Crippen MR) is 89.2 cm³/mol. The minimum absolute atomic E-state index is 0.151. The van der Waals surface area contributed by atoms with Crippen LogP contribution in [0.15, 0.2) is 24.3 Å². The van der Waals surface area contributed by atoms with Crippen LogP contribution >= 0.6 is 0 Å². The third-order valence-corrected chi connectivity index (χ3v) is 4.04. The van der Waals surface area contributed by atoms with E-state index < -0.39 is 23.7 Å². The molecule has 1 fully saturated rings. The molecule has 0 aromatic heterocycles. The van der Waals surface area contributed by atoms with Crippen LogP contribution in [-0.4, -0.2) is 47.4 Å². The summed E-state index contributed by atoms with van der Waals surface area (Å²) >= 11 is 0. The average molecular weight is 335 g/mol. The molecule has 1 amide bonds. The smallest absolute Gasteiger partial charge is 0.411 e. The maximum Gasteiger partial charge on any atom is 0.411 e. The number of carboxylic acid groups (broad SMARTS) is 1. The van der Waals surface area contributed by atoms with E-state index in [0.717, 1.165) is 11.3 Å². The number of methoxy groups -OCH3 is 1. The summed E-state index contributed by atoms with van der Waals surface area (Å²) in [4.78, 5) is 25.4. The van der Waals surface area contributed by atoms with E-state index in [2.05, 4.69) is 0 Å². The van der Waals surface area contributed by atoms with E-state index in [1.807, 2.05) is 24.3 Å². The van der Waals surface area contributed by atoms with E-state index in [0.29, 0.717) is 19.4 Å². The first-order valence-electron chi connectivity index (χ1n) is 8.06. The van der Waals surface area contributed by atoms with E-state index in [4.69, 9.17) is 9.47 Å². The van der Waals surface area contributed by atoms with Crippen LogP contribution in [0.1, 0.15) is 32.8 Å². The van der Waals surface area contributed by atoms with Gasteiger partial charge < -0.3 is 14.6 Å². The second-order valence-electron chi connectivity index (χ2n) is 7.06. The summed E-state index contributed by atoms with van der Waals surface area (Å²) < 4.78 is 10.5. The summed E-state index contributed by atoms with van der Waals surface area (Å²) in [5, 5.41) is 9.61. The number of carbonyl (C=O) groups excluding carboxylic acids is 1. The minimum Gasteiger partial charge on any atom is -0.497 e. The molecule has 1 aliphatic heterocycles. The Balaban J connectivity index is 2.13. The number of amides is 1. The van der Waals surface area contributed by atoms with Gasteiger partial charge in [-0.15, -0.1) is 0 Å². The van der Waals surface area contributed by atoms with Gasteiger partial charge in [-0.05, 0) is 57.2 Å². The molecule has 0 aliphatic carbocycles. The molecule has 132 valence electrons. The molecule has 1 N–H and O–H groups in total. The fourth-order valence-electron chi connectivity index (χ4n) is 3.03. The van der Waals surface area contributed by atoms with Crippen molar-refractivity contribution in [1.29, 1.82) is 0 Å². The van der Waals surface area contributed by atoms with Crippen LogP contribution in [0.4, 0.5) is 4.79 Å². The molecule has 0 bridgehead atoms. The van der Waals surface area contributed by atoms with Gasteiger partial charge in [0.2, 0.25) is 0 Å². The molecule has 0 spiro atoms. The third kappa shape index (κ3) is 4.40. The molecule has 1 aromatic carbocycles. The summed E-state index contributed by atoms with van der Waals surface area (Å²) in [6.07, 6.45) is 0.643. The Morgan fingerprint density at radius 1 is 1.33 bits per heavy atom. The lowest BCUT2D eigenvalue weighted by atomic mass is 9.92. The van der Waals surface area contributed by atoms with Crippen molar-refractivity contribution in [3.8, 4) is 5.75 Å². The zero-order valence-electron chi connectivity index (χ0n) is 14.6. The number of rotatable bonds is 4. The normalized spacial score (nSPS) is 20.8. The number of ether oxygens (including phenoxy) is 2. The second kappa shape index (κ2) is 7.11. The van der Waals surface area contributed by atoms with Crippen molar-refractivity contribution >= 4 is 12.1 Å². The van der Waals surface area contributed by atoms with E-state index in [1.165, 1.54) is 4.90 Å². The highest BCUT2D eigenvalue weighted by Gasteiger charge is 2.43. The van der Waals surface area contributed by atoms with Crippen LogP contribution in [0.5, 0.6) is 5.75 Å². The summed E-state index contributed by atoms with van der Waals surface area (Å²) in [7, 11) is 1.60. The van der Waals surface area contributed by atoms with Crippen LogP contribution in [0.2, 0.25) is 0 Å². The first-order valence-corrected chi connectivity index (χ1v) is 8.06. The highest BCUT2D eigenvalue weighted by Crippen LogP contribution is 2.30. The lowest BCUT2D eigenvalue weighted by Gasteiger charge is -2.28. The number of hydrogen-bond acceptors (Lipinski definition) is 4. The van der Waals surface area contributed by atoms with Crippen molar-refractivity contribution < 1.29 is 24.2 Å². The fraction of sp³-hybridized carbons (Fsp3) is 0.556. The Morgan fingerprint density at radius 3 is 2.62 bits per heavy atom. The molecule has 1 heterocycles. The van der Waals surface area contributed by atoms with E-state index in [1.54, 1.807) is 27.9 Å². The number of likely N-dealkylation sites (tertiary alicyclic amines) is 1. The third-order valence-electron chi connectivity index (χ3n) is 4.04. The number of benzene rings is 1. The summed E-state index contributed by atoms with van der Waals surface area (Å²) in [5.74, 6) is -0.408. The Morgan fingerprint density at radius 2 is 2.04 bits per heavy atom. The van der Waals surface area contributed by atoms with Crippen LogP contribution in [0.25, 0.3) is 0 Å². The molecule has 1 saturated heterocycles. The number of hydrogen-bond donors (Lipinski definition) is 1. The highest BCUT2D eigenvalue weighted by atomic mass is 16.6. The number of aliphatic carboxylic acids is 1. The van der Waals surface area contributed by atoms with Gasteiger partial charge in [-0.25, -0.2) is 9.59 Å². The molecule has 0 unspecified atom stereocenters. The van der Waals surface area contributed by atoms with Gasteiger partial charge in [0, 0.05) is 6.54 Å². The van der Waals surface area contributed by atoms with Crippen molar-refractivity contribution in [1.82, 2.24) is 4.90 Å². The molecule has 6 nitrogen and oxygen atoms in total. The zero-order chi connectivity index (χ0) is 17.9. The number of carboxylic acids is 1. The molecular weight excluding hydrogens is 310 g/mol. The molecular formula is C18H25NO5. The van der Waals surface area contributed by atoms with E-state index >= 15 is 0 Å². The standard InChI is InChI=1S/C18H25NO5/c1-18(2,3)24-17(22)19-9-8-13(15(19)16(20)21)10-12-6-5-7-14(11-12)23-4/h5-7,11,13,15H,8-10H2,1-4H3,(H,20,21)/t13-,15+/m0/s1. The van der Waals surface area contributed by atoms with Gasteiger partial charge in [-0.1, -0.05) is 12.1 Å². The van der Waals surface area contributed by atoms with Gasteiger partial charge in [0.05, 0.1) is 7.11 Å². The lowest BCUT2D eigenvalue weighted by Crippen LogP contribution is -2.45. The largest absolute Gasteiger partial charge is 0.497 e. The molecule has 1 aliphatic rings. The molecule has 2 rings (SSSR count). The van der Waals surface area contributed by atoms with Crippen LogP contribution in [0.3, 0.4) is 0 Å². The van der Waals surface area contributed by atoms with Crippen molar-refractivity contribution in [2.45, 2.75) is 45.3 Å². The van der Waals surface area contributed by atoms with Crippen LogP contribution in [-0.2, 0) is 16.0 Å².